The molecule has 0 saturated heterocycles. The SMILES string of the molecule is CCOC(=O)c1cnc2ccc(Oc3ccccc3)nc2c1Nc1ccc(OC)cc1.Cl. The Labute approximate surface area is 191 Å². The summed E-state index contributed by atoms with van der Waals surface area (Å²) in [5, 5.41) is 3.28. The molecular weight excluding hydrogens is 430 g/mol. The van der Waals surface area contributed by atoms with Crippen molar-refractivity contribution >= 4 is 40.8 Å². The van der Waals surface area contributed by atoms with Crippen LogP contribution in [0.5, 0.6) is 17.4 Å². The number of nitrogens with one attached hydrogen (secondary N) is 1. The summed E-state index contributed by atoms with van der Waals surface area (Å²) in [6.45, 7) is 2.01. The average molecular weight is 452 g/mol. The van der Waals surface area contributed by atoms with Gasteiger partial charge in [-0.1, -0.05) is 18.2 Å². The molecule has 7 nitrogen and oxygen atoms in total. The summed E-state index contributed by atoms with van der Waals surface area (Å²) >= 11 is 0. The number of pyridine rings is 2. The molecule has 0 radical (unpaired) electrons. The maximum Gasteiger partial charge on any atom is 0.341 e. The van der Waals surface area contributed by atoms with Crippen molar-refractivity contribution in [2.75, 3.05) is 19.0 Å². The first kappa shape index (κ1) is 22.8. The minimum Gasteiger partial charge on any atom is -0.497 e. The van der Waals surface area contributed by atoms with Crippen LogP contribution in [0.2, 0.25) is 0 Å². The number of anilines is 2. The van der Waals surface area contributed by atoms with Crippen LogP contribution in [0, 0.1) is 0 Å². The highest BCUT2D eigenvalue weighted by Gasteiger charge is 2.19. The van der Waals surface area contributed by atoms with Gasteiger partial charge < -0.3 is 19.5 Å². The predicted molar refractivity (Wildman–Crippen MR) is 126 cm³/mol. The van der Waals surface area contributed by atoms with Crippen LogP contribution in [0.4, 0.5) is 11.4 Å². The number of esters is 1. The third kappa shape index (κ3) is 5.07. The Morgan fingerprint density at radius 2 is 1.72 bits per heavy atom. The van der Waals surface area contributed by atoms with Crippen LogP contribution in [0.1, 0.15) is 17.3 Å². The van der Waals surface area contributed by atoms with Crippen LogP contribution < -0.4 is 14.8 Å². The standard InChI is InChI=1S/C24H21N3O4.ClH/c1-3-30-24(28)19-15-25-20-13-14-21(31-18-7-5-4-6-8-18)27-23(20)22(19)26-16-9-11-17(29-2)12-10-16;/h4-15H,3H2,1-2H3,(H,25,26);1H. The van der Waals surface area contributed by atoms with Gasteiger partial charge in [-0.15, -0.1) is 12.4 Å². The van der Waals surface area contributed by atoms with E-state index >= 15 is 0 Å². The number of ether oxygens (including phenoxy) is 3. The number of hydrogen-bond donors (Lipinski definition) is 1. The van der Waals surface area contributed by atoms with Gasteiger partial charge in [-0.3, -0.25) is 4.98 Å². The third-order valence-electron chi connectivity index (χ3n) is 4.51. The molecule has 0 spiro atoms. The van der Waals surface area contributed by atoms with Gasteiger partial charge in [-0.05, 0) is 49.4 Å². The lowest BCUT2D eigenvalue weighted by Crippen LogP contribution is -2.10. The lowest BCUT2D eigenvalue weighted by molar-refractivity contribution is 0.0527. The zero-order chi connectivity index (χ0) is 21.6. The summed E-state index contributed by atoms with van der Waals surface area (Å²) < 4.78 is 16.3. The Morgan fingerprint density at radius 1 is 0.969 bits per heavy atom. The van der Waals surface area contributed by atoms with Gasteiger partial charge in [0.25, 0.3) is 0 Å². The van der Waals surface area contributed by atoms with Gasteiger partial charge in [0.2, 0.25) is 5.88 Å². The Morgan fingerprint density at radius 3 is 2.41 bits per heavy atom. The van der Waals surface area contributed by atoms with Crippen LogP contribution in [0.25, 0.3) is 11.0 Å². The van der Waals surface area contributed by atoms with Crippen LogP contribution in [0.3, 0.4) is 0 Å². The number of carbonyl (C=O) groups is 1. The number of aromatic nitrogens is 2. The van der Waals surface area contributed by atoms with E-state index in [0.717, 1.165) is 11.4 Å². The minimum atomic E-state index is -0.482. The van der Waals surface area contributed by atoms with Gasteiger partial charge >= 0.3 is 5.97 Å². The molecule has 4 aromatic rings. The van der Waals surface area contributed by atoms with Crippen LogP contribution in [-0.4, -0.2) is 29.7 Å². The van der Waals surface area contributed by atoms with Crippen LogP contribution in [-0.2, 0) is 4.74 Å². The van der Waals surface area contributed by atoms with E-state index in [1.165, 1.54) is 6.20 Å². The number of para-hydroxylation sites is 1. The van der Waals surface area contributed by atoms with Gasteiger partial charge in [0.05, 0.1) is 24.9 Å². The number of methoxy groups -OCH3 is 1. The van der Waals surface area contributed by atoms with Crippen molar-refractivity contribution in [2.24, 2.45) is 0 Å². The zero-order valence-corrected chi connectivity index (χ0v) is 18.4. The summed E-state index contributed by atoms with van der Waals surface area (Å²) in [5.74, 6) is 1.30. The summed E-state index contributed by atoms with van der Waals surface area (Å²) in [6.07, 6.45) is 1.49. The van der Waals surface area contributed by atoms with Crippen molar-refractivity contribution in [1.82, 2.24) is 9.97 Å². The van der Waals surface area contributed by atoms with Crippen molar-refractivity contribution in [3.8, 4) is 17.4 Å². The van der Waals surface area contributed by atoms with E-state index in [-0.39, 0.29) is 24.6 Å². The molecule has 2 aromatic carbocycles. The largest absolute Gasteiger partial charge is 0.497 e. The van der Waals surface area contributed by atoms with Gasteiger partial charge in [-0.25, -0.2) is 9.78 Å². The Hall–Kier alpha value is -3.84. The predicted octanol–water partition coefficient (Wildman–Crippen LogP) is 5.77. The normalized spacial score (nSPS) is 10.2. The molecule has 2 heterocycles. The number of halogens is 1. The van der Waals surface area contributed by atoms with Crippen molar-refractivity contribution in [2.45, 2.75) is 6.92 Å². The Kier molecular flexibility index (Phi) is 7.46. The summed E-state index contributed by atoms with van der Waals surface area (Å²) in [6, 6.07) is 20.3. The topological polar surface area (TPSA) is 82.6 Å². The molecule has 0 unspecified atom stereocenters. The third-order valence-corrected chi connectivity index (χ3v) is 4.51. The molecular formula is C24H22ClN3O4. The molecule has 164 valence electrons. The first-order chi connectivity index (χ1) is 15.2. The highest BCUT2D eigenvalue weighted by atomic mass is 35.5. The second-order valence-electron chi connectivity index (χ2n) is 6.55. The van der Waals surface area contributed by atoms with E-state index < -0.39 is 5.97 Å². The molecule has 0 bridgehead atoms. The molecule has 1 N–H and O–H groups in total. The fourth-order valence-electron chi connectivity index (χ4n) is 3.02. The smallest absolute Gasteiger partial charge is 0.341 e. The maximum atomic E-state index is 12.6. The van der Waals surface area contributed by atoms with Gasteiger partial charge in [0, 0.05) is 18.0 Å². The first-order valence-corrected chi connectivity index (χ1v) is 9.79. The second kappa shape index (κ2) is 10.5. The number of hydrogen-bond acceptors (Lipinski definition) is 7. The molecule has 0 atom stereocenters. The van der Waals surface area contributed by atoms with Gasteiger partial charge in [-0.2, -0.15) is 0 Å². The Bertz CT molecular complexity index is 1200. The molecule has 0 aliphatic carbocycles. The molecule has 32 heavy (non-hydrogen) atoms. The lowest BCUT2D eigenvalue weighted by Gasteiger charge is -2.14. The molecule has 0 saturated carbocycles. The van der Waals surface area contributed by atoms with E-state index in [2.05, 4.69) is 15.3 Å². The molecule has 0 fully saturated rings. The fraction of sp³-hybridized carbons (Fsp3) is 0.125. The van der Waals surface area contributed by atoms with Gasteiger partial charge in [0.15, 0.2) is 0 Å². The van der Waals surface area contributed by atoms with Crippen molar-refractivity contribution in [3.05, 3.63) is 78.5 Å². The molecule has 0 aliphatic rings. The van der Waals surface area contributed by atoms with Crippen LogP contribution >= 0.6 is 12.4 Å². The van der Waals surface area contributed by atoms with E-state index in [0.29, 0.717) is 28.4 Å². The summed E-state index contributed by atoms with van der Waals surface area (Å²) in [5.41, 5.74) is 2.65. The zero-order valence-electron chi connectivity index (χ0n) is 17.6. The van der Waals surface area contributed by atoms with E-state index in [1.807, 2.05) is 54.6 Å². The number of benzene rings is 2. The maximum absolute atomic E-state index is 12.6. The van der Waals surface area contributed by atoms with Crippen molar-refractivity contribution in [3.63, 3.8) is 0 Å². The monoisotopic (exact) mass is 451 g/mol. The highest BCUT2D eigenvalue weighted by molar-refractivity contribution is 6.04. The average Bonchev–Trinajstić information content (AvgIpc) is 2.80. The molecule has 2 aromatic heterocycles. The first-order valence-electron chi connectivity index (χ1n) is 9.79. The van der Waals surface area contributed by atoms with Gasteiger partial charge in [0.1, 0.15) is 22.6 Å². The van der Waals surface area contributed by atoms with Crippen molar-refractivity contribution < 1.29 is 19.0 Å². The summed E-state index contributed by atoms with van der Waals surface area (Å²) in [4.78, 5) is 21.6. The Balaban J connectivity index is 0.00000289. The molecule has 8 heteroatoms. The second-order valence-corrected chi connectivity index (χ2v) is 6.55. The number of rotatable bonds is 7. The quantitative estimate of drug-likeness (QED) is 0.357. The fourth-order valence-corrected chi connectivity index (χ4v) is 3.02. The number of nitrogens with zero attached hydrogens (tertiary/aromatic N) is 2. The van der Waals surface area contributed by atoms with Crippen LogP contribution in [0.15, 0.2) is 72.9 Å². The number of fused-ring (bicyclic) bond motifs is 1. The molecule has 4 rings (SSSR count). The molecule has 0 aliphatic heterocycles. The number of carbonyl (C=O) groups excluding carboxylic acids is 1. The lowest BCUT2D eigenvalue weighted by atomic mass is 10.1. The minimum absolute atomic E-state index is 0. The van der Waals surface area contributed by atoms with E-state index in [4.69, 9.17) is 14.2 Å². The molecule has 0 amide bonds. The van der Waals surface area contributed by atoms with E-state index in [9.17, 15) is 4.79 Å². The summed E-state index contributed by atoms with van der Waals surface area (Å²) in [7, 11) is 1.61. The van der Waals surface area contributed by atoms with Crippen molar-refractivity contribution in [1.29, 1.82) is 0 Å². The van der Waals surface area contributed by atoms with E-state index in [1.54, 1.807) is 26.2 Å². The highest BCUT2D eigenvalue weighted by Crippen LogP contribution is 2.31.